The van der Waals surface area contributed by atoms with Gasteiger partial charge in [-0.15, -0.1) is 0 Å². The Labute approximate surface area is 230 Å². The molecule has 4 rings (SSSR count). The summed E-state index contributed by atoms with van der Waals surface area (Å²) >= 11 is 5.85. The minimum Gasteiger partial charge on any atom is -0.382 e. The lowest BCUT2D eigenvalue weighted by molar-refractivity contribution is -0.131. The van der Waals surface area contributed by atoms with Gasteiger partial charge in [-0.3, -0.25) is 14.4 Å². The first-order chi connectivity index (χ1) is 18.3. The number of anilines is 1. The highest BCUT2D eigenvalue weighted by molar-refractivity contribution is 6.29. The first kappa shape index (κ1) is 28.1. The molecule has 1 unspecified atom stereocenters. The molecule has 1 saturated carbocycles. The number of fused-ring (bicyclic) bond motifs is 1. The molecular formula is C30H39ClN4O3. The van der Waals surface area contributed by atoms with Crippen LogP contribution in [0, 0.1) is 11.8 Å². The minimum absolute atomic E-state index is 0.0485. The molecule has 1 aromatic carbocycles. The number of benzene rings is 1. The Kier molecular flexibility index (Phi) is 9.78. The summed E-state index contributed by atoms with van der Waals surface area (Å²) in [6.07, 6.45) is 8.60. The molecule has 2 aliphatic rings. The van der Waals surface area contributed by atoms with Gasteiger partial charge in [0.15, 0.2) is 5.78 Å². The number of hydrogen-bond acceptors (Lipinski definition) is 5. The number of aryl methyl sites for hydroxylation is 1. The Hall–Kier alpha value is -2.93. The number of pyridine rings is 1. The van der Waals surface area contributed by atoms with E-state index in [1.165, 1.54) is 11.8 Å². The van der Waals surface area contributed by atoms with Crippen molar-refractivity contribution in [2.24, 2.45) is 11.8 Å². The van der Waals surface area contributed by atoms with Crippen molar-refractivity contribution in [3.05, 3.63) is 58.9 Å². The average molecular weight is 539 g/mol. The van der Waals surface area contributed by atoms with Crippen LogP contribution in [0.5, 0.6) is 0 Å². The predicted octanol–water partition coefficient (Wildman–Crippen LogP) is 5.33. The van der Waals surface area contributed by atoms with E-state index in [9.17, 15) is 14.4 Å². The number of aromatic nitrogens is 1. The normalized spacial score (nSPS) is 21.9. The van der Waals surface area contributed by atoms with Crippen LogP contribution in [-0.2, 0) is 16.0 Å². The molecule has 1 aromatic heterocycles. The third-order valence-corrected chi connectivity index (χ3v) is 7.87. The zero-order valence-electron chi connectivity index (χ0n) is 22.3. The highest BCUT2D eigenvalue weighted by atomic mass is 35.5. The fourth-order valence-corrected chi connectivity index (χ4v) is 5.76. The van der Waals surface area contributed by atoms with E-state index in [1.807, 2.05) is 12.1 Å². The summed E-state index contributed by atoms with van der Waals surface area (Å²) in [5.41, 5.74) is 2.79. The molecule has 204 valence electrons. The van der Waals surface area contributed by atoms with Crippen LogP contribution in [0.3, 0.4) is 0 Å². The Bertz CT molecular complexity index is 1120. The maximum absolute atomic E-state index is 13.5. The van der Waals surface area contributed by atoms with Gasteiger partial charge in [-0.25, -0.2) is 4.98 Å². The van der Waals surface area contributed by atoms with Crippen LogP contribution in [0.2, 0.25) is 5.15 Å². The topological polar surface area (TPSA) is 100 Å². The number of amides is 2. The summed E-state index contributed by atoms with van der Waals surface area (Å²) in [4.78, 5) is 43.8. The molecule has 1 aliphatic heterocycles. The van der Waals surface area contributed by atoms with Gasteiger partial charge in [0.2, 0.25) is 5.91 Å². The minimum atomic E-state index is -0.540. The average Bonchev–Trinajstić information content (AvgIpc) is 3.10. The van der Waals surface area contributed by atoms with Crippen molar-refractivity contribution in [1.82, 2.24) is 15.6 Å². The Balaban J connectivity index is 1.40. The van der Waals surface area contributed by atoms with Gasteiger partial charge in [-0.1, -0.05) is 56.5 Å². The largest absolute Gasteiger partial charge is 0.382 e. The van der Waals surface area contributed by atoms with Crippen LogP contribution in [0.25, 0.3) is 0 Å². The second kappa shape index (κ2) is 13.2. The van der Waals surface area contributed by atoms with E-state index in [0.717, 1.165) is 44.2 Å². The SMILES string of the molecule is CC(C)C[C@H](NC(=O)[C@@H]1CCCC[C@@H]1NC(=O)c1ccc(Cl)nc1)C(=O)CC1CCCc2ccccc2N1. The van der Waals surface area contributed by atoms with E-state index in [4.69, 9.17) is 11.6 Å². The van der Waals surface area contributed by atoms with Crippen molar-refractivity contribution < 1.29 is 14.4 Å². The van der Waals surface area contributed by atoms with Crippen molar-refractivity contribution >= 4 is 34.9 Å². The number of para-hydroxylation sites is 1. The Morgan fingerprint density at radius 2 is 1.84 bits per heavy atom. The quantitative estimate of drug-likeness (QED) is 0.375. The monoisotopic (exact) mass is 538 g/mol. The van der Waals surface area contributed by atoms with Crippen molar-refractivity contribution in [3.8, 4) is 0 Å². The number of nitrogens with one attached hydrogen (secondary N) is 3. The van der Waals surface area contributed by atoms with Crippen molar-refractivity contribution in [2.75, 3.05) is 5.32 Å². The fourth-order valence-electron chi connectivity index (χ4n) is 5.65. The molecule has 0 spiro atoms. The molecule has 3 N–H and O–H groups in total. The number of rotatable bonds is 9. The highest BCUT2D eigenvalue weighted by Gasteiger charge is 2.35. The molecule has 7 nitrogen and oxygen atoms in total. The predicted molar refractivity (Wildman–Crippen MR) is 150 cm³/mol. The maximum atomic E-state index is 13.5. The standard InChI is InChI=1S/C30H39ClN4O3/c1-19(2)16-26(27(36)17-22-10-7-9-20-8-3-5-12-24(20)33-22)35-30(38)23-11-4-6-13-25(23)34-29(37)21-14-15-28(31)32-18-21/h3,5,8,12,14-15,18-19,22-23,25-26,33H,4,6-7,9-11,13,16-17H2,1-2H3,(H,34,37)(H,35,38)/t22?,23-,25+,26+/m1/s1. The number of Topliss-reactive ketones (excluding diaryl/α,β-unsaturated/α-hetero) is 1. The van der Waals surface area contributed by atoms with Crippen molar-refractivity contribution in [2.45, 2.75) is 89.8 Å². The van der Waals surface area contributed by atoms with Gasteiger partial charge in [-0.05, 0) is 68.2 Å². The summed E-state index contributed by atoms with van der Waals surface area (Å²) in [5.74, 6) is -0.479. The third kappa shape index (κ3) is 7.56. The second-order valence-electron chi connectivity index (χ2n) is 11.1. The Morgan fingerprint density at radius 1 is 1.05 bits per heavy atom. The van der Waals surface area contributed by atoms with Gasteiger partial charge >= 0.3 is 0 Å². The highest BCUT2D eigenvalue weighted by Crippen LogP contribution is 2.27. The van der Waals surface area contributed by atoms with E-state index in [0.29, 0.717) is 30.0 Å². The molecular weight excluding hydrogens is 500 g/mol. The molecule has 4 atom stereocenters. The fraction of sp³-hybridized carbons (Fsp3) is 0.533. The third-order valence-electron chi connectivity index (χ3n) is 7.64. The lowest BCUT2D eigenvalue weighted by atomic mass is 9.83. The zero-order chi connectivity index (χ0) is 27.1. The molecule has 1 fully saturated rings. The van der Waals surface area contributed by atoms with Crippen molar-refractivity contribution in [3.63, 3.8) is 0 Å². The molecule has 0 bridgehead atoms. The van der Waals surface area contributed by atoms with Crippen LogP contribution in [0.15, 0.2) is 42.6 Å². The number of carbonyl (C=O) groups is 3. The number of nitrogens with zero attached hydrogens (tertiary/aromatic N) is 1. The second-order valence-corrected chi connectivity index (χ2v) is 11.5. The summed E-state index contributed by atoms with van der Waals surface area (Å²) in [5, 5.41) is 10.0. The summed E-state index contributed by atoms with van der Waals surface area (Å²) in [6.45, 7) is 4.13. The van der Waals surface area contributed by atoms with Crippen LogP contribution in [0.1, 0.15) is 81.1 Å². The van der Waals surface area contributed by atoms with Gasteiger partial charge < -0.3 is 16.0 Å². The van der Waals surface area contributed by atoms with Crippen LogP contribution >= 0.6 is 11.6 Å². The number of halogens is 1. The number of hydrogen-bond donors (Lipinski definition) is 3. The van der Waals surface area contributed by atoms with Gasteiger partial charge in [-0.2, -0.15) is 0 Å². The first-order valence-corrected chi connectivity index (χ1v) is 14.3. The van der Waals surface area contributed by atoms with E-state index < -0.39 is 6.04 Å². The lowest BCUT2D eigenvalue weighted by Gasteiger charge is -2.33. The molecule has 0 saturated heterocycles. The zero-order valence-corrected chi connectivity index (χ0v) is 23.1. The smallest absolute Gasteiger partial charge is 0.253 e. The Morgan fingerprint density at radius 3 is 2.61 bits per heavy atom. The van der Waals surface area contributed by atoms with E-state index in [2.05, 4.69) is 46.9 Å². The number of carbonyl (C=O) groups excluding carboxylic acids is 3. The number of ketones is 1. The van der Waals surface area contributed by atoms with Crippen LogP contribution in [-0.4, -0.2) is 40.7 Å². The van der Waals surface area contributed by atoms with Crippen LogP contribution < -0.4 is 16.0 Å². The van der Waals surface area contributed by atoms with Gasteiger partial charge in [0, 0.05) is 30.4 Å². The molecule has 8 heteroatoms. The van der Waals surface area contributed by atoms with E-state index >= 15 is 0 Å². The molecule has 2 amide bonds. The van der Waals surface area contributed by atoms with Crippen molar-refractivity contribution in [1.29, 1.82) is 0 Å². The first-order valence-electron chi connectivity index (χ1n) is 13.9. The molecule has 1 aliphatic carbocycles. The molecule has 2 aromatic rings. The summed E-state index contributed by atoms with van der Waals surface area (Å²) in [6, 6.07) is 10.7. The summed E-state index contributed by atoms with van der Waals surface area (Å²) < 4.78 is 0. The lowest BCUT2D eigenvalue weighted by Crippen LogP contribution is -2.52. The molecule has 0 radical (unpaired) electrons. The summed E-state index contributed by atoms with van der Waals surface area (Å²) in [7, 11) is 0. The molecule has 38 heavy (non-hydrogen) atoms. The maximum Gasteiger partial charge on any atom is 0.253 e. The van der Waals surface area contributed by atoms with Crippen LogP contribution in [0.4, 0.5) is 5.69 Å². The van der Waals surface area contributed by atoms with E-state index in [-0.39, 0.29) is 41.5 Å². The van der Waals surface area contributed by atoms with Gasteiger partial charge in [0.25, 0.3) is 5.91 Å². The van der Waals surface area contributed by atoms with E-state index in [1.54, 1.807) is 12.1 Å². The van der Waals surface area contributed by atoms with Gasteiger partial charge in [0.1, 0.15) is 5.15 Å². The molecule has 2 heterocycles. The van der Waals surface area contributed by atoms with Gasteiger partial charge in [0.05, 0.1) is 17.5 Å².